The Hall–Kier alpha value is -1.85. The van der Waals surface area contributed by atoms with E-state index in [0.29, 0.717) is 17.9 Å². The topological polar surface area (TPSA) is 78.3 Å². The van der Waals surface area contributed by atoms with Crippen LogP contribution in [0, 0.1) is 6.92 Å². The normalized spacial score (nSPS) is 12.1. The molecule has 0 radical (unpaired) electrons. The molecule has 5 heteroatoms. The van der Waals surface area contributed by atoms with Crippen LogP contribution in [0.5, 0.6) is 5.75 Å². The Kier molecular flexibility index (Phi) is 4.19. The Labute approximate surface area is 116 Å². The van der Waals surface area contributed by atoms with Gasteiger partial charge < -0.3 is 16.2 Å². The number of thiophene rings is 1. The van der Waals surface area contributed by atoms with E-state index in [1.54, 1.807) is 35.6 Å². The standard InChI is InChI=1S/C14H16N2O2S/c1-9-6-7-19-13(9)12(8-15)18-11-4-2-10(3-5-11)14(16)17/h2-7,12H,8,15H2,1H3,(H2,16,17). The van der Waals surface area contributed by atoms with E-state index in [4.69, 9.17) is 16.2 Å². The van der Waals surface area contributed by atoms with Gasteiger partial charge in [0.15, 0.2) is 0 Å². The minimum Gasteiger partial charge on any atom is -0.484 e. The maximum absolute atomic E-state index is 11.0. The zero-order chi connectivity index (χ0) is 13.8. The zero-order valence-corrected chi connectivity index (χ0v) is 11.4. The first-order valence-electron chi connectivity index (χ1n) is 5.92. The Balaban J connectivity index is 2.15. The molecule has 0 aliphatic carbocycles. The highest BCUT2D eigenvalue weighted by molar-refractivity contribution is 7.10. The summed E-state index contributed by atoms with van der Waals surface area (Å²) in [7, 11) is 0. The molecule has 1 aromatic heterocycles. The molecular weight excluding hydrogens is 260 g/mol. The predicted molar refractivity (Wildman–Crippen MR) is 76.4 cm³/mol. The summed E-state index contributed by atoms with van der Waals surface area (Å²) in [5, 5.41) is 2.02. The lowest BCUT2D eigenvalue weighted by molar-refractivity contribution is 0.1000. The van der Waals surface area contributed by atoms with Crippen molar-refractivity contribution in [3.63, 3.8) is 0 Å². The van der Waals surface area contributed by atoms with Gasteiger partial charge in [-0.25, -0.2) is 0 Å². The third-order valence-corrected chi connectivity index (χ3v) is 3.94. The fourth-order valence-electron chi connectivity index (χ4n) is 1.78. The molecule has 0 bridgehead atoms. The van der Waals surface area contributed by atoms with Crippen molar-refractivity contribution in [3.8, 4) is 5.75 Å². The van der Waals surface area contributed by atoms with Gasteiger partial charge in [-0.3, -0.25) is 4.79 Å². The van der Waals surface area contributed by atoms with Crippen molar-refractivity contribution in [1.29, 1.82) is 0 Å². The van der Waals surface area contributed by atoms with Gasteiger partial charge in [0.2, 0.25) is 5.91 Å². The smallest absolute Gasteiger partial charge is 0.248 e. The van der Waals surface area contributed by atoms with Crippen molar-refractivity contribution in [2.45, 2.75) is 13.0 Å². The van der Waals surface area contributed by atoms with Gasteiger partial charge in [-0.05, 0) is 48.2 Å². The summed E-state index contributed by atoms with van der Waals surface area (Å²) in [5.74, 6) is 0.226. The molecule has 4 N–H and O–H groups in total. The Bertz CT molecular complexity index is 563. The lowest BCUT2D eigenvalue weighted by Crippen LogP contribution is -2.18. The van der Waals surface area contributed by atoms with E-state index in [-0.39, 0.29) is 6.10 Å². The van der Waals surface area contributed by atoms with Gasteiger partial charge in [0.1, 0.15) is 11.9 Å². The summed E-state index contributed by atoms with van der Waals surface area (Å²) in [4.78, 5) is 12.1. The van der Waals surface area contributed by atoms with Gasteiger partial charge in [-0.2, -0.15) is 0 Å². The molecule has 0 saturated carbocycles. The second kappa shape index (κ2) is 5.86. The molecule has 2 rings (SSSR count). The van der Waals surface area contributed by atoms with Crippen molar-refractivity contribution in [2.24, 2.45) is 11.5 Å². The van der Waals surface area contributed by atoms with E-state index < -0.39 is 5.91 Å². The van der Waals surface area contributed by atoms with Gasteiger partial charge >= 0.3 is 0 Å². The molecule has 1 amide bonds. The molecule has 1 atom stereocenters. The maximum atomic E-state index is 11.0. The predicted octanol–water partition coefficient (Wildman–Crippen LogP) is 2.23. The summed E-state index contributed by atoms with van der Waals surface area (Å²) in [6.45, 7) is 2.44. The lowest BCUT2D eigenvalue weighted by Gasteiger charge is -2.17. The lowest BCUT2D eigenvalue weighted by atomic mass is 10.2. The molecule has 1 heterocycles. The van der Waals surface area contributed by atoms with E-state index in [2.05, 4.69) is 0 Å². The summed E-state index contributed by atoms with van der Waals surface area (Å²) in [6, 6.07) is 8.79. The molecule has 0 fully saturated rings. The van der Waals surface area contributed by atoms with Crippen LogP contribution in [-0.2, 0) is 0 Å². The minimum absolute atomic E-state index is 0.167. The van der Waals surface area contributed by atoms with Crippen molar-refractivity contribution in [2.75, 3.05) is 6.54 Å². The molecule has 0 saturated heterocycles. The average Bonchev–Trinajstić information content (AvgIpc) is 2.83. The molecule has 19 heavy (non-hydrogen) atoms. The molecule has 0 aliphatic rings. The van der Waals surface area contributed by atoms with Gasteiger partial charge in [-0.1, -0.05) is 0 Å². The molecule has 1 aromatic carbocycles. The van der Waals surface area contributed by atoms with Gasteiger partial charge in [-0.15, -0.1) is 11.3 Å². The highest BCUT2D eigenvalue weighted by Gasteiger charge is 2.15. The van der Waals surface area contributed by atoms with Gasteiger partial charge in [0.25, 0.3) is 0 Å². The minimum atomic E-state index is -0.448. The number of hydrogen-bond acceptors (Lipinski definition) is 4. The van der Waals surface area contributed by atoms with Crippen molar-refractivity contribution >= 4 is 17.2 Å². The monoisotopic (exact) mass is 276 g/mol. The highest BCUT2D eigenvalue weighted by atomic mass is 32.1. The number of aryl methyl sites for hydroxylation is 1. The van der Waals surface area contributed by atoms with Crippen molar-refractivity contribution < 1.29 is 9.53 Å². The number of carbonyl (C=O) groups is 1. The van der Waals surface area contributed by atoms with Crippen LogP contribution in [0.2, 0.25) is 0 Å². The van der Waals surface area contributed by atoms with Crippen LogP contribution in [0.15, 0.2) is 35.7 Å². The van der Waals surface area contributed by atoms with E-state index in [9.17, 15) is 4.79 Å². The molecule has 1 unspecified atom stereocenters. The fraction of sp³-hybridized carbons (Fsp3) is 0.214. The van der Waals surface area contributed by atoms with E-state index in [1.807, 2.05) is 18.4 Å². The largest absolute Gasteiger partial charge is 0.484 e. The Morgan fingerprint density at radius 1 is 1.32 bits per heavy atom. The van der Waals surface area contributed by atoms with E-state index >= 15 is 0 Å². The van der Waals surface area contributed by atoms with Crippen LogP contribution < -0.4 is 16.2 Å². The number of carbonyl (C=O) groups excluding carboxylic acids is 1. The first-order chi connectivity index (χ1) is 9.11. The average molecular weight is 276 g/mol. The van der Waals surface area contributed by atoms with Crippen LogP contribution in [0.4, 0.5) is 0 Å². The number of benzene rings is 1. The molecule has 0 spiro atoms. The number of rotatable bonds is 5. The molecule has 100 valence electrons. The highest BCUT2D eigenvalue weighted by Crippen LogP contribution is 2.28. The van der Waals surface area contributed by atoms with Gasteiger partial charge in [0, 0.05) is 17.0 Å². The number of ether oxygens (including phenoxy) is 1. The first-order valence-corrected chi connectivity index (χ1v) is 6.80. The zero-order valence-electron chi connectivity index (χ0n) is 10.6. The number of amides is 1. The van der Waals surface area contributed by atoms with Crippen molar-refractivity contribution in [1.82, 2.24) is 0 Å². The van der Waals surface area contributed by atoms with Crippen molar-refractivity contribution in [3.05, 3.63) is 51.7 Å². The van der Waals surface area contributed by atoms with Crippen LogP contribution in [0.3, 0.4) is 0 Å². The first kappa shape index (κ1) is 13.6. The molecule has 0 aliphatic heterocycles. The Morgan fingerprint density at radius 2 is 2.00 bits per heavy atom. The molecular formula is C14H16N2O2S. The second-order valence-corrected chi connectivity index (χ2v) is 5.15. The summed E-state index contributed by atoms with van der Waals surface area (Å²) in [5.41, 5.74) is 12.6. The van der Waals surface area contributed by atoms with Crippen LogP contribution in [0.25, 0.3) is 0 Å². The van der Waals surface area contributed by atoms with Crippen LogP contribution in [0.1, 0.15) is 26.9 Å². The fourth-order valence-corrected chi connectivity index (χ4v) is 2.75. The quantitative estimate of drug-likeness (QED) is 0.879. The van der Waals surface area contributed by atoms with Gasteiger partial charge in [0.05, 0.1) is 0 Å². The molecule has 2 aromatic rings. The SMILES string of the molecule is Cc1ccsc1C(CN)Oc1ccc(C(N)=O)cc1. The second-order valence-electron chi connectivity index (χ2n) is 4.20. The number of hydrogen-bond donors (Lipinski definition) is 2. The van der Waals surface area contributed by atoms with E-state index in [1.165, 1.54) is 5.56 Å². The number of primary amides is 1. The maximum Gasteiger partial charge on any atom is 0.248 e. The summed E-state index contributed by atoms with van der Waals surface area (Å²) in [6.07, 6.45) is -0.167. The van der Waals surface area contributed by atoms with Crippen LogP contribution in [-0.4, -0.2) is 12.5 Å². The third-order valence-electron chi connectivity index (χ3n) is 2.83. The summed E-state index contributed by atoms with van der Waals surface area (Å²) < 4.78 is 5.86. The molecule has 4 nitrogen and oxygen atoms in total. The van der Waals surface area contributed by atoms with Crippen LogP contribution >= 0.6 is 11.3 Å². The van der Waals surface area contributed by atoms with E-state index in [0.717, 1.165) is 4.88 Å². The summed E-state index contributed by atoms with van der Waals surface area (Å²) >= 11 is 1.63. The Morgan fingerprint density at radius 3 is 2.47 bits per heavy atom. The third kappa shape index (κ3) is 3.13. The number of nitrogens with two attached hydrogens (primary N) is 2.